The number of aryl methyl sites for hydroxylation is 1. The summed E-state index contributed by atoms with van der Waals surface area (Å²) in [6, 6.07) is 8.75. The molecule has 0 spiro atoms. The van der Waals surface area contributed by atoms with E-state index in [1.165, 1.54) is 43.5 Å². The topological polar surface area (TPSA) is 3.24 Å². The normalized spacial score (nSPS) is 19.7. The Morgan fingerprint density at radius 1 is 1.00 bits per heavy atom. The summed E-state index contributed by atoms with van der Waals surface area (Å²) in [4.78, 5) is 2.51. The van der Waals surface area contributed by atoms with Gasteiger partial charge in [0, 0.05) is 18.8 Å². The molecule has 1 nitrogen and oxygen atoms in total. The fourth-order valence-corrected chi connectivity index (χ4v) is 2.27. The van der Waals surface area contributed by atoms with Crippen LogP contribution >= 0.6 is 0 Å². The second-order valence-electron chi connectivity index (χ2n) is 4.18. The molecule has 0 bridgehead atoms. The Morgan fingerprint density at radius 2 is 1.86 bits per heavy atom. The van der Waals surface area contributed by atoms with E-state index in [4.69, 9.17) is 0 Å². The van der Waals surface area contributed by atoms with Crippen LogP contribution in [0.4, 0.5) is 0 Å². The molecule has 1 aliphatic heterocycles. The van der Waals surface area contributed by atoms with Crippen molar-refractivity contribution in [3.8, 4) is 0 Å². The number of hydrogen-bond acceptors (Lipinski definition) is 1. The monoisotopic (exact) mass is 185 g/mol. The van der Waals surface area contributed by atoms with Crippen molar-refractivity contribution in [3.05, 3.63) is 41.1 Å². The molecule has 1 heterocycles. The first-order chi connectivity index (χ1) is 6.93. The Hall–Kier alpha value is -1.24. The number of hydrogen-bond donors (Lipinski definition) is 0. The maximum absolute atomic E-state index is 2.51. The van der Waals surface area contributed by atoms with E-state index in [1.54, 1.807) is 5.70 Å². The summed E-state index contributed by atoms with van der Waals surface area (Å²) in [6.07, 6.45) is 6.20. The summed E-state index contributed by atoms with van der Waals surface area (Å²) >= 11 is 0. The molecule has 0 atom stereocenters. The molecule has 0 aromatic heterocycles. The summed E-state index contributed by atoms with van der Waals surface area (Å²) in [5.74, 6) is 0. The minimum Gasteiger partial charge on any atom is -0.375 e. The lowest BCUT2D eigenvalue weighted by Gasteiger charge is -2.37. The van der Waals surface area contributed by atoms with Crippen LogP contribution < -0.4 is 0 Å². The molecule has 1 aliphatic carbocycles. The van der Waals surface area contributed by atoms with Gasteiger partial charge in [0.25, 0.3) is 0 Å². The van der Waals surface area contributed by atoms with Gasteiger partial charge in [-0.25, -0.2) is 0 Å². The van der Waals surface area contributed by atoms with E-state index >= 15 is 0 Å². The maximum Gasteiger partial charge on any atom is 0.0191 e. The van der Waals surface area contributed by atoms with Crippen LogP contribution in [0.15, 0.2) is 30.0 Å². The van der Waals surface area contributed by atoms with Gasteiger partial charge < -0.3 is 4.90 Å². The fourth-order valence-electron chi connectivity index (χ4n) is 2.27. The molecule has 1 aromatic carbocycles. The lowest BCUT2D eigenvalue weighted by molar-refractivity contribution is 0.232. The minimum atomic E-state index is 1.22. The second kappa shape index (κ2) is 3.16. The number of nitrogens with zero attached hydrogens (tertiary/aromatic N) is 1. The van der Waals surface area contributed by atoms with Crippen molar-refractivity contribution in [2.24, 2.45) is 0 Å². The molecule has 0 radical (unpaired) electrons. The van der Waals surface area contributed by atoms with Crippen molar-refractivity contribution in [1.29, 1.82) is 0 Å². The molecule has 0 N–H and O–H groups in total. The number of allylic oxidation sites excluding steroid dienone is 1. The van der Waals surface area contributed by atoms with Crippen molar-refractivity contribution < 1.29 is 0 Å². The molecular formula is C13H15N. The summed E-state index contributed by atoms with van der Waals surface area (Å²) in [5, 5.41) is 0. The first-order valence-corrected chi connectivity index (χ1v) is 5.47. The number of fused-ring (bicyclic) bond motifs is 1. The van der Waals surface area contributed by atoms with Crippen molar-refractivity contribution in [1.82, 2.24) is 4.90 Å². The molecule has 1 heteroatoms. The molecule has 0 amide bonds. The third-order valence-corrected chi connectivity index (χ3v) is 3.29. The molecule has 0 saturated carbocycles. The summed E-state index contributed by atoms with van der Waals surface area (Å²) in [6.45, 7) is 2.54. The standard InChI is InChI=1S/C13H15N/c1-2-5-12-10-13(14-8-3-9-14)7-6-11(12)4-1/h1-2,4-5,10H,3,6-9H2. The summed E-state index contributed by atoms with van der Waals surface area (Å²) < 4.78 is 0. The molecule has 2 aliphatic rings. The Kier molecular flexibility index (Phi) is 1.83. The van der Waals surface area contributed by atoms with E-state index in [9.17, 15) is 0 Å². The van der Waals surface area contributed by atoms with Gasteiger partial charge in [0.15, 0.2) is 0 Å². The first kappa shape index (κ1) is 8.10. The van der Waals surface area contributed by atoms with E-state index in [2.05, 4.69) is 35.2 Å². The van der Waals surface area contributed by atoms with Crippen LogP contribution in [0.5, 0.6) is 0 Å². The molecular weight excluding hydrogens is 170 g/mol. The van der Waals surface area contributed by atoms with Crippen LogP contribution in [0.25, 0.3) is 6.08 Å². The predicted molar refractivity (Wildman–Crippen MR) is 58.9 cm³/mol. The SMILES string of the molecule is C1=C(N2CCC2)CCc2ccccc21. The van der Waals surface area contributed by atoms with Crippen LogP contribution in [0, 0.1) is 0 Å². The maximum atomic E-state index is 2.51. The van der Waals surface area contributed by atoms with Gasteiger partial charge in [-0.05, 0) is 36.5 Å². The van der Waals surface area contributed by atoms with Gasteiger partial charge in [-0.15, -0.1) is 0 Å². The van der Waals surface area contributed by atoms with Crippen molar-refractivity contribution in [3.63, 3.8) is 0 Å². The average molecular weight is 185 g/mol. The van der Waals surface area contributed by atoms with Gasteiger partial charge in [0.1, 0.15) is 0 Å². The van der Waals surface area contributed by atoms with Crippen LogP contribution in [0.1, 0.15) is 24.0 Å². The summed E-state index contributed by atoms with van der Waals surface area (Å²) in [7, 11) is 0. The van der Waals surface area contributed by atoms with E-state index < -0.39 is 0 Å². The van der Waals surface area contributed by atoms with Gasteiger partial charge >= 0.3 is 0 Å². The van der Waals surface area contributed by atoms with Gasteiger partial charge in [0.2, 0.25) is 0 Å². The van der Waals surface area contributed by atoms with Crippen molar-refractivity contribution in [2.45, 2.75) is 19.3 Å². The molecule has 1 fully saturated rings. The van der Waals surface area contributed by atoms with E-state index in [0.29, 0.717) is 0 Å². The third kappa shape index (κ3) is 1.24. The quantitative estimate of drug-likeness (QED) is 0.650. The second-order valence-corrected chi connectivity index (χ2v) is 4.18. The van der Waals surface area contributed by atoms with Crippen LogP contribution in [-0.2, 0) is 6.42 Å². The Bertz CT molecular complexity index is 375. The predicted octanol–water partition coefficient (Wildman–Crippen LogP) is 2.68. The molecule has 3 rings (SSSR count). The van der Waals surface area contributed by atoms with Crippen LogP contribution in [-0.4, -0.2) is 18.0 Å². The summed E-state index contributed by atoms with van der Waals surface area (Å²) in [5.41, 5.74) is 4.49. The van der Waals surface area contributed by atoms with E-state index in [-0.39, 0.29) is 0 Å². The van der Waals surface area contributed by atoms with Crippen LogP contribution in [0.2, 0.25) is 0 Å². The highest BCUT2D eigenvalue weighted by Gasteiger charge is 2.19. The molecule has 0 unspecified atom stereocenters. The van der Waals surface area contributed by atoms with Crippen LogP contribution in [0.3, 0.4) is 0 Å². The first-order valence-electron chi connectivity index (χ1n) is 5.47. The van der Waals surface area contributed by atoms with E-state index in [1.807, 2.05) is 0 Å². The fraction of sp³-hybridized carbons (Fsp3) is 0.385. The van der Waals surface area contributed by atoms with Gasteiger partial charge in [-0.3, -0.25) is 0 Å². The highest BCUT2D eigenvalue weighted by Crippen LogP contribution is 2.28. The van der Waals surface area contributed by atoms with Gasteiger partial charge in [-0.2, -0.15) is 0 Å². The molecule has 1 aromatic rings. The zero-order valence-corrected chi connectivity index (χ0v) is 8.37. The number of rotatable bonds is 1. The largest absolute Gasteiger partial charge is 0.375 e. The van der Waals surface area contributed by atoms with Crippen molar-refractivity contribution in [2.75, 3.05) is 13.1 Å². The van der Waals surface area contributed by atoms with Crippen molar-refractivity contribution >= 4 is 6.08 Å². The highest BCUT2D eigenvalue weighted by molar-refractivity contribution is 5.59. The molecule has 1 saturated heterocycles. The minimum absolute atomic E-state index is 1.22. The zero-order chi connectivity index (χ0) is 9.38. The number of likely N-dealkylation sites (tertiary alicyclic amines) is 1. The lowest BCUT2D eigenvalue weighted by Crippen LogP contribution is -2.36. The molecule has 72 valence electrons. The third-order valence-electron chi connectivity index (χ3n) is 3.29. The molecule has 14 heavy (non-hydrogen) atoms. The average Bonchev–Trinajstić information content (AvgIpc) is 2.15. The lowest BCUT2D eigenvalue weighted by atomic mass is 9.94. The number of benzene rings is 1. The Labute approximate surface area is 85.0 Å². The van der Waals surface area contributed by atoms with Gasteiger partial charge in [0.05, 0.1) is 0 Å². The Morgan fingerprint density at radius 3 is 2.64 bits per heavy atom. The highest BCUT2D eigenvalue weighted by atomic mass is 15.2. The smallest absolute Gasteiger partial charge is 0.0191 e. The van der Waals surface area contributed by atoms with E-state index in [0.717, 1.165) is 0 Å². The van der Waals surface area contributed by atoms with Gasteiger partial charge in [-0.1, -0.05) is 24.3 Å². The zero-order valence-electron chi connectivity index (χ0n) is 8.37. The Balaban J connectivity index is 1.94.